The summed E-state index contributed by atoms with van der Waals surface area (Å²) in [5.74, 6) is 0.480. The lowest BCUT2D eigenvalue weighted by Gasteiger charge is -2.11. The van der Waals surface area contributed by atoms with Crippen LogP contribution < -0.4 is 20.1 Å². The van der Waals surface area contributed by atoms with Gasteiger partial charge in [0.25, 0.3) is 11.6 Å². The molecule has 0 aliphatic rings. The number of anilines is 1. The van der Waals surface area contributed by atoms with Crippen molar-refractivity contribution >= 4 is 28.4 Å². The monoisotopic (exact) mass is 429 g/mol. The minimum absolute atomic E-state index is 0.124. The SMILES string of the molecule is CCCNc1ncnc2c1cnn2CCNC(=O)c1cc(OC)c(OC)cc1[N+](=O)[O-]. The minimum Gasteiger partial charge on any atom is -0.493 e. The molecule has 0 aliphatic carbocycles. The Hall–Kier alpha value is -3.96. The van der Waals surface area contributed by atoms with Crippen LogP contribution in [-0.4, -0.2) is 57.9 Å². The molecule has 3 rings (SSSR count). The fourth-order valence-electron chi connectivity index (χ4n) is 3.01. The van der Waals surface area contributed by atoms with Crippen molar-refractivity contribution in [3.05, 3.63) is 40.3 Å². The average Bonchev–Trinajstić information content (AvgIpc) is 3.20. The predicted octanol–water partition coefficient (Wildman–Crippen LogP) is 2.00. The van der Waals surface area contributed by atoms with Crippen molar-refractivity contribution in [1.29, 1.82) is 0 Å². The van der Waals surface area contributed by atoms with Gasteiger partial charge in [0.2, 0.25) is 0 Å². The molecule has 0 saturated heterocycles. The Morgan fingerprint density at radius 1 is 1.19 bits per heavy atom. The topological polar surface area (TPSA) is 146 Å². The van der Waals surface area contributed by atoms with E-state index in [0.717, 1.165) is 24.4 Å². The van der Waals surface area contributed by atoms with Gasteiger partial charge in [0.1, 0.15) is 17.7 Å². The Bertz CT molecular complexity index is 1100. The highest BCUT2D eigenvalue weighted by Gasteiger charge is 2.24. The number of carbonyl (C=O) groups excluding carboxylic acids is 1. The van der Waals surface area contributed by atoms with Crippen LogP contribution in [0.4, 0.5) is 11.5 Å². The molecule has 2 heterocycles. The number of benzene rings is 1. The van der Waals surface area contributed by atoms with Crippen LogP contribution in [0.15, 0.2) is 24.7 Å². The summed E-state index contributed by atoms with van der Waals surface area (Å²) in [7, 11) is 2.75. The second-order valence-electron chi connectivity index (χ2n) is 6.49. The maximum Gasteiger partial charge on any atom is 0.286 e. The lowest BCUT2D eigenvalue weighted by molar-refractivity contribution is -0.385. The molecule has 1 aromatic carbocycles. The first-order valence-corrected chi connectivity index (χ1v) is 9.59. The lowest BCUT2D eigenvalue weighted by Crippen LogP contribution is -2.28. The molecule has 0 unspecified atom stereocenters. The van der Waals surface area contributed by atoms with Crippen LogP contribution in [-0.2, 0) is 6.54 Å². The van der Waals surface area contributed by atoms with Crippen molar-refractivity contribution < 1.29 is 19.2 Å². The van der Waals surface area contributed by atoms with Gasteiger partial charge < -0.3 is 20.1 Å². The van der Waals surface area contributed by atoms with E-state index in [9.17, 15) is 14.9 Å². The molecule has 0 fully saturated rings. The maximum atomic E-state index is 12.6. The second-order valence-corrected chi connectivity index (χ2v) is 6.49. The summed E-state index contributed by atoms with van der Waals surface area (Å²) < 4.78 is 11.9. The Balaban J connectivity index is 1.74. The summed E-state index contributed by atoms with van der Waals surface area (Å²) in [6.07, 6.45) is 4.06. The molecule has 0 aliphatic heterocycles. The third-order valence-electron chi connectivity index (χ3n) is 4.53. The molecule has 164 valence electrons. The van der Waals surface area contributed by atoms with E-state index in [0.29, 0.717) is 18.0 Å². The zero-order valence-corrected chi connectivity index (χ0v) is 17.4. The fraction of sp³-hybridized carbons (Fsp3) is 0.368. The summed E-state index contributed by atoms with van der Waals surface area (Å²) in [6.45, 7) is 3.33. The van der Waals surface area contributed by atoms with Crippen molar-refractivity contribution in [2.75, 3.05) is 32.6 Å². The molecule has 2 aromatic heterocycles. The van der Waals surface area contributed by atoms with Gasteiger partial charge in [-0.25, -0.2) is 14.6 Å². The van der Waals surface area contributed by atoms with Gasteiger partial charge in [0, 0.05) is 19.2 Å². The first-order chi connectivity index (χ1) is 15.0. The number of amides is 1. The quantitative estimate of drug-likeness (QED) is 0.365. The van der Waals surface area contributed by atoms with Gasteiger partial charge in [0.15, 0.2) is 17.1 Å². The zero-order valence-electron chi connectivity index (χ0n) is 17.4. The summed E-state index contributed by atoms with van der Waals surface area (Å²) in [4.78, 5) is 31.9. The fourth-order valence-corrected chi connectivity index (χ4v) is 3.01. The highest BCUT2D eigenvalue weighted by atomic mass is 16.6. The normalized spacial score (nSPS) is 10.7. The number of nitrogens with one attached hydrogen (secondary N) is 2. The van der Waals surface area contributed by atoms with Gasteiger partial charge in [-0.3, -0.25) is 14.9 Å². The summed E-state index contributed by atoms with van der Waals surface area (Å²) >= 11 is 0. The number of hydrogen-bond acceptors (Lipinski definition) is 9. The number of rotatable bonds is 10. The van der Waals surface area contributed by atoms with Crippen LogP contribution in [0.25, 0.3) is 11.0 Å². The number of methoxy groups -OCH3 is 2. The Labute approximate surface area is 177 Å². The Morgan fingerprint density at radius 3 is 2.61 bits per heavy atom. The average molecular weight is 429 g/mol. The molecule has 3 aromatic rings. The van der Waals surface area contributed by atoms with Crippen molar-refractivity contribution in [2.45, 2.75) is 19.9 Å². The summed E-state index contributed by atoms with van der Waals surface area (Å²) in [5.41, 5.74) is 0.125. The Kier molecular flexibility index (Phi) is 6.80. The predicted molar refractivity (Wildman–Crippen MR) is 113 cm³/mol. The van der Waals surface area contributed by atoms with Crippen LogP contribution in [0.5, 0.6) is 11.5 Å². The van der Waals surface area contributed by atoms with E-state index in [2.05, 4.69) is 32.6 Å². The molecule has 0 radical (unpaired) electrons. The van der Waals surface area contributed by atoms with Crippen LogP contribution in [0, 0.1) is 10.1 Å². The molecule has 12 nitrogen and oxygen atoms in total. The van der Waals surface area contributed by atoms with E-state index in [4.69, 9.17) is 9.47 Å². The van der Waals surface area contributed by atoms with E-state index in [1.165, 1.54) is 26.6 Å². The number of nitro benzene ring substituents is 1. The summed E-state index contributed by atoms with van der Waals surface area (Å²) in [6, 6.07) is 2.45. The summed E-state index contributed by atoms with van der Waals surface area (Å²) in [5, 5.41) is 22.4. The number of fused-ring (bicyclic) bond motifs is 1. The van der Waals surface area contributed by atoms with Gasteiger partial charge in [-0.05, 0) is 6.42 Å². The van der Waals surface area contributed by atoms with Crippen molar-refractivity contribution in [1.82, 2.24) is 25.1 Å². The van der Waals surface area contributed by atoms with E-state index in [1.807, 2.05) is 0 Å². The largest absolute Gasteiger partial charge is 0.493 e. The van der Waals surface area contributed by atoms with E-state index < -0.39 is 10.8 Å². The van der Waals surface area contributed by atoms with E-state index >= 15 is 0 Å². The van der Waals surface area contributed by atoms with Crippen LogP contribution >= 0.6 is 0 Å². The molecular weight excluding hydrogens is 406 g/mol. The minimum atomic E-state index is -0.639. The van der Waals surface area contributed by atoms with Gasteiger partial charge in [-0.2, -0.15) is 5.10 Å². The third kappa shape index (κ3) is 4.63. The molecule has 2 N–H and O–H groups in total. The molecule has 1 amide bonds. The highest BCUT2D eigenvalue weighted by molar-refractivity contribution is 5.99. The Morgan fingerprint density at radius 2 is 1.94 bits per heavy atom. The molecule has 0 bridgehead atoms. The highest BCUT2D eigenvalue weighted by Crippen LogP contribution is 2.34. The smallest absolute Gasteiger partial charge is 0.286 e. The van der Waals surface area contributed by atoms with Gasteiger partial charge in [-0.1, -0.05) is 6.92 Å². The van der Waals surface area contributed by atoms with Gasteiger partial charge >= 0.3 is 0 Å². The zero-order chi connectivity index (χ0) is 22.4. The lowest BCUT2D eigenvalue weighted by atomic mass is 10.1. The molecule has 0 atom stereocenters. The maximum absolute atomic E-state index is 12.6. The number of nitro groups is 1. The second kappa shape index (κ2) is 9.69. The number of hydrogen-bond donors (Lipinski definition) is 2. The van der Waals surface area contributed by atoms with Crippen molar-refractivity contribution in [2.24, 2.45) is 0 Å². The van der Waals surface area contributed by atoms with Gasteiger partial charge in [0.05, 0.1) is 43.3 Å². The standard InChI is InChI=1S/C19H23N7O5/c1-4-5-20-17-13-10-24-25(18(13)23-11-22-17)7-6-21-19(27)12-8-15(30-2)16(31-3)9-14(12)26(28)29/h8-11H,4-7H2,1-3H3,(H,21,27)(H,20,22,23). The van der Waals surface area contributed by atoms with Crippen LogP contribution in [0.2, 0.25) is 0 Å². The van der Waals surface area contributed by atoms with Crippen molar-refractivity contribution in [3.63, 3.8) is 0 Å². The number of aromatic nitrogens is 4. The number of carbonyl (C=O) groups is 1. The van der Waals surface area contributed by atoms with E-state index in [-0.39, 0.29) is 29.3 Å². The molecule has 0 spiro atoms. The molecule has 31 heavy (non-hydrogen) atoms. The molecular formula is C19H23N7O5. The third-order valence-corrected chi connectivity index (χ3v) is 4.53. The first-order valence-electron chi connectivity index (χ1n) is 9.59. The number of ether oxygens (including phenoxy) is 2. The van der Waals surface area contributed by atoms with Crippen LogP contribution in [0.3, 0.4) is 0 Å². The van der Waals surface area contributed by atoms with E-state index in [1.54, 1.807) is 10.9 Å². The molecule has 0 saturated carbocycles. The number of nitrogens with zero attached hydrogens (tertiary/aromatic N) is 5. The van der Waals surface area contributed by atoms with Crippen LogP contribution in [0.1, 0.15) is 23.7 Å². The van der Waals surface area contributed by atoms with Gasteiger partial charge in [-0.15, -0.1) is 0 Å². The first kappa shape index (κ1) is 21.7. The molecule has 12 heteroatoms. The van der Waals surface area contributed by atoms with Crippen molar-refractivity contribution in [3.8, 4) is 11.5 Å².